The average Bonchev–Trinajstić information content (AvgIpc) is 3.00. The zero-order valence-electron chi connectivity index (χ0n) is 12.8. The highest BCUT2D eigenvalue weighted by atomic mass is 19.1. The number of benzene rings is 1. The van der Waals surface area contributed by atoms with Crippen LogP contribution in [0.15, 0.2) is 24.3 Å². The van der Waals surface area contributed by atoms with Gasteiger partial charge in [-0.15, -0.1) is 0 Å². The molecule has 1 aliphatic rings. The van der Waals surface area contributed by atoms with E-state index < -0.39 is 0 Å². The Labute approximate surface area is 132 Å². The summed E-state index contributed by atoms with van der Waals surface area (Å²) in [4.78, 5) is 30.4. The van der Waals surface area contributed by atoms with Gasteiger partial charge in [-0.3, -0.25) is 4.79 Å². The molecule has 0 saturated carbocycles. The second-order valence-corrected chi connectivity index (χ2v) is 5.36. The van der Waals surface area contributed by atoms with Crippen LogP contribution in [-0.2, 0) is 4.74 Å². The third-order valence-electron chi connectivity index (χ3n) is 3.93. The van der Waals surface area contributed by atoms with E-state index in [-0.39, 0.29) is 17.8 Å². The number of carbonyl (C=O) groups is 2. The van der Waals surface area contributed by atoms with E-state index in [4.69, 9.17) is 4.74 Å². The van der Waals surface area contributed by atoms with Gasteiger partial charge in [0.25, 0.3) is 5.91 Å². The number of fused-ring (bicyclic) bond motifs is 1. The lowest BCUT2D eigenvalue weighted by Crippen LogP contribution is -2.50. The Morgan fingerprint density at radius 1 is 1.22 bits per heavy atom. The highest BCUT2D eigenvalue weighted by Crippen LogP contribution is 2.20. The Morgan fingerprint density at radius 2 is 1.91 bits per heavy atom. The smallest absolute Gasteiger partial charge is 0.409 e. The van der Waals surface area contributed by atoms with Crippen molar-refractivity contribution in [3.05, 3.63) is 35.8 Å². The van der Waals surface area contributed by atoms with Crippen molar-refractivity contribution in [1.29, 1.82) is 0 Å². The van der Waals surface area contributed by atoms with Crippen LogP contribution >= 0.6 is 0 Å². The maximum Gasteiger partial charge on any atom is 0.409 e. The number of H-pyrrole nitrogens is 1. The first-order valence-electron chi connectivity index (χ1n) is 7.58. The van der Waals surface area contributed by atoms with Gasteiger partial charge in [-0.05, 0) is 25.1 Å². The molecule has 0 spiro atoms. The number of aromatic nitrogens is 1. The highest BCUT2D eigenvalue weighted by Gasteiger charge is 2.26. The predicted octanol–water partition coefficient (Wildman–Crippen LogP) is 2.22. The Kier molecular flexibility index (Phi) is 4.18. The quantitative estimate of drug-likeness (QED) is 0.923. The lowest BCUT2D eigenvalue weighted by atomic mass is 10.2. The van der Waals surface area contributed by atoms with Crippen LogP contribution in [-0.4, -0.2) is 59.6 Å². The monoisotopic (exact) mass is 319 g/mol. The Hall–Kier alpha value is -2.57. The maximum absolute atomic E-state index is 13.7. The fraction of sp³-hybridized carbons (Fsp3) is 0.375. The van der Waals surface area contributed by atoms with Crippen LogP contribution in [0.1, 0.15) is 17.4 Å². The third-order valence-corrected chi connectivity index (χ3v) is 3.93. The van der Waals surface area contributed by atoms with Crippen molar-refractivity contribution in [2.45, 2.75) is 6.92 Å². The van der Waals surface area contributed by atoms with E-state index in [1.54, 1.807) is 28.9 Å². The molecule has 1 saturated heterocycles. The molecule has 2 heterocycles. The van der Waals surface area contributed by atoms with Gasteiger partial charge in [0.2, 0.25) is 0 Å². The summed E-state index contributed by atoms with van der Waals surface area (Å²) in [5, 5.41) is 0.404. The zero-order valence-corrected chi connectivity index (χ0v) is 12.8. The van der Waals surface area contributed by atoms with Crippen LogP contribution in [0.5, 0.6) is 0 Å². The van der Waals surface area contributed by atoms with Gasteiger partial charge in [0.05, 0.1) is 6.61 Å². The predicted molar refractivity (Wildman–Crippen MR) is 82.8 cm³/mol. The number of nitrogens with zero attached hydrogens (tertiary/aromatic N) is 2. The van der Waals surface area contributed by atoms with Crippen molar-refractivity contribution in [2.24, 2.45) is 0 Å². The van der Waals surface area contributed by atoms with Crippen molar-refractivity contribution in [2.75, 3.05) is 32.8 Å². The summed E-state index contributed by atoms with van der Waals surface area (Å²) in [6.07, 6.45) is -0.354. The fourth-order valence-corrected chi connectivity index (χ4v) is 2.71. The van der Waals surface area contributed by atoms with E-state index in [2.05, 4.69) is 4.98 Å². The van der Waals surface area contributed by atoms with Crippen LogP contribution in [0.2, 0.25) is 0 Å². The summed E-state index contributed by atoms with van der Waals surface area (Å²) in [5.74, 6) is -0.547. The molecule has 2 aromatic rings. The fourth-order valence-electron chi connectivity index (χ4n) is 2.71. The van der Waals surface area contributed by atoms with Crippen molar-refractivity contribution >= 4 is 22.9 Å². The van der Waals surface area contributed by atoms with Gasteiger partial charge in [-0.1, -0.05) is 6.07 Å². The minimum Gasteiger partial charge on any atom is -0.450 e. The van der Waals surface area contributed by atoms with Crippen LogP contribution in [0.25, 0.3) is 10.9 Å². The molecule has 0 bridgehead atoms. The van der Waals surface area contributed by atoms with E-state index in [9.17, 15) is 14.0 Å². The maximum atomic E-state index is 13.7. The molecule has 0 radical (unpaired) electrons. The SMILES string of the molecule is CCOC(=O)N1CCN(C(=O)c2cc3c(F)cccc3[nH]2)CC1. The Morgan fingerprint density at radius 3 is 2.57 bits per heavy atom. The molecular weight excluding hydrogens is 301 g/mol. The molecule has 7 heteroatoms. The van der Waals surface area contributed by atoms with Crippen molar-refractivity contribution in [3.63, 3.8) is 0 Å². The summed E-state index contributed by atoms with van der Waals surface area (Å²) in [7, 11) is 0. The van der Waals surface area contributed by atoms with Crippen LogP contribution in [0.3, 0.4) is 0 Å². The van der Waals surface area contributed by atoms with Gasteiger partial charge in [0.15, 0.2) is 0 Å². The van der Waals surface area contributed by atoms with Gasteiger partial charge in [0, 0.05) is 37.1 Å². The minimum atomic E-state index is -0.357. The molecule has 6 nitrogen and oxygen atoms in total. The van der Waals surface area contributed by atoms with Crippen molar-refractivity contribution in [1.82, 2.24) is 14.8 Å². The number of hydrogen-bond acceptors (Lipinski definition) is 3. The molecule has 0 atom stereocenters. The molecule has 2 amide bonds. The second-order valence-electron chi connectivity index (χ2n) is 5.36. The number of halogens is 1. The number of rotatable bonds is 2. The van der Waals surface area contributed by atoms with Gasteiger partial charge >= 0.3 is 6.09 Å². The average molecular weight is 319 g/mol. The molecule has 1 N–H and O–H groups in total. The zero-order chi connectivity index (χ0) is 16.4. The lowest BCUT2D eigenvalue weighted by Gasteiger charge is -2.33. The van der Waals surface area contributed by atoms with Crippen molar-refractivity contribution < 1.29 is 18.7 Å². The third kappa shape index (κ3) is 2.99. The molecular formula is C16H18FN3O3. The molecule has 122 valence electrons. The molecule has 3 rings (SSSR count). The normalized spacial score (nSPS) is 15.0. The van der Waals surface area contributed by atoms with Gasteiger partial charge in [-0.25, -0.2) is 9.18 Å². The Bertz CT molecular complexity index is 735. The molecule has 1 aromatic carbocycles. The summed E-state index contributed by atoms with van der Waals surface area (Å²) in [6, 6.07) is 6.22. The summed E-state index contributed by atoms with van der Waals surface area (Å²) < 4.78 is 18.7. The first-order valence-corrected chi connectivity index (χ1v) is 7.58. The summed E-state index contributed by atoms with van der Waals surface area (Å²) in [5.41, 5.74) is 0.952. The summed E-state index contributed by atoms with van der Waals surface area (Å²) >= 11 is 0. The Balaban J connectivity index is 1.69. The van der Waals surface area contributed by atoms with E-state index in [1.807, 2.05) is 0 Å². The van der Waals surface area contributed by atoms with E-state index >= 15 is 0 Å². The number of ether oxygens (including phenoxy) is 1. The molecule has 0 unspecified atom stereocenters. The molecule has 1 fully saturated rings. The van der Waals surface area contributed by atoms with E-state index in [0.29, 0.717) is 49.4 Å². The van der Waals surface area contributed by atoms with Gasteiger partial charge < -0.3 is 19.5 Å². The van der Waals surface area contributed by atoms with Crippen molar-refractivity contribution in [3.8, 4) is 0 Å². The molecule has 1 aliphatic heterocycles. The van der Waals surface area contributed by atoms with Gasteiger partial charge in [-0.2, -0.15) is 0 Å². The first-order chi connectivity index (χ1) is 11.1. The minimum absolute atomic E-state index is 0.191. The standard InChI is InChI=1S/C16H18FN3O3/c1-2-23-16(22)20-8-6-19(7-9-20)15(21)14-10-11-12(17)4-3-5-13(11)18-14/h3-5,10,18H,2,6-9H2,1H3. The van der Waals surface area contributed by atoms with E-state index in [0.717, 1.165) is 0 Å². The number of piperazine rings is 1. The highest BCUT2D eigenvalue weighted by molar-refractivity contribution is 5.98. The van der Waals surface area contributed by atoms with Gasteiger partial charge in [0.1, 0.15) is 11.5 Å². The summed E-state index contributed by atoms with van der Waals surface area (Å²) in [6.45, 7) is 3.80. The molecule has 1 aromatic heterocycles. The largest absolute Gasteiger partial charge is 0.450 e. The van der Waals surface area contributed by atoms with Crippen LogP contribution < -0.4 is 0 Å². The number of aromatic amines is 1. The molecule has 0 aliphatic carbocycles. The number of carbonyl (C=O) groups excluding carboxylic acids is 2. The van der Waals surface area contributed by atoms with Crippen LogP contribution in [0, 0.1) is 5.82 Å². The number of nitrogens with one attached hydrogen (secondary N) is 1. The molecule has 23 heavy (non-hydrogen) atoms. The number of hydrogen-bond donors (Lipinski definition) is 1. The lowest BCUT2D eigenvalue weighted by molar-refractivity contribution is 0.0566. The van der Waals surface area contributed by atoms with Crippen LogP contribution in [0.4, 0.5) is 9.18 Å². The topological polar surface area (TPSA) is 65.6 Å². The number of amides is 2. The van der Waals surface area contributed by atoms with E-state index in [1.165, 1.54) is 12.1 Å². The second kappa shape index (κ2) is 6.28. The first kappa shape index (κ1) is 15.3.